The van der Waals surface area contributed by atoms with Crippen LogP contribution in [0.1, 0.15) is 36.4 Å². The Kier molecular flexibility index (Phi) is 4.38. The van der Waals surface area contributed by atoms with Crippen LogP contribution in [0, 0.1) is 18.3 Å². The van der Waals surface area contributed by atoms with Gasteiger partial charge >= 0.3 is 0 Å². The molecule has 0 aromatic carbocycles. The molecule has 2 aliphatic rings. The lowest BCUT2D eigenvalue weighted by molar-refractivity contribution is -0.151. The predicted octanol–water partition coefficient (Wildman–Crippen LogP) is 0.573. The van der Waals surface area contributed by atoms with E-state index < -0.39 is 5.41 Å². The standard InChI is InChI=1S/C17H26N4O3/c1-11-12(7-19-20(11)2)13-8-21(9-14(13)15(18)22)16(23)17(10-24-3)5-4-6-17/h7,13-14H,4-6,8-10H2,1-3H3,(H2,18,22)/t13-,14+/m1/s1. The quantitative estimate of drug-likeness (QED) is 0.852. The number of carbonyl (C=O) groups is 2. The van der Waals surface area contributed by atoms with Crippen molar-refractivity contribution in [1.29, 1.82) is 0 Å². The second-order valence-electron chi connectivity index (χ2n) is 7.20. The van der Waals surface area contributed by atoms with Gasteiger partial charge in [-0.3, -0.25) is 14.3 Å². The first-order valence-electron chi connectivity index (χ1n) is 8.46. The molecule has 1 aliphatic heterocycles. The molecule has 7 nitrogen and oxygen atoms in total. The molecule has 1 aromatic rings. The smallest absolute Gasteiger partial charge is 0.231 e. The number of methoxy groups -OCH3 is 1. The fourth-order valence-corrected chi connectivity index (χ4v) is 4.09. The third-order valence-electron chi connectivity index (χ3n) is 5.83. The predicted molar refractivity (Wildman–Crippen MR) is 88.1 cm³/mol. The van der Waals surface area contributed by atoms with Crippen LogP contribution in [0.4, 0.5) is 0 Å². The van der Waals surface area contributed by atoms with Crippen LogP contribution in [-0.4, -0.2) is 53.3 Å². The summed E-state index contributed by atoms with van der Waals surface area (Å²) in [6.07, 6.45) is 4.55. The number of nitrogens with zero attached hydrogens (tertiary/aromatic N) is 3. The monoisotopic (exact) mass is 334 g/mol. The molecular weight excluding hydrogens is 308 g/mol. The lowest BCUT2D eigenvalue weighted by Gasteiger charge is -2.42. The summed E-state index contributed by atoms with van der Waals surface area (Å²) in [4.78, 5) is 26.8. The molecule has 3 rings (SSSR count). The summed E-state index contributed by atoms with van der Waals surface area (Å²) in [5.41, 5.74) is 7.24. The Balaban J connectivity index is 1.84. The number of amides is 2. The Morgan fingerprint density at radius 1 is 1.42 bits per heavy atom. The van der Waals surface area contributed by atoms with Crippen LogP contribution in [0.3, 0.4) is 0 Å². The molecule has 2 heterocycles. The summed E-state index contributed by atoms with van der Waals surface area (Å²) in [7, 11) is 3.50. The molecule has 1 aliphatic carbocycles. The van der Waals surface area contributed by atoms with E-state index >= 15 is 0 Å². The number of rotatable bonds is 5. The molecule has 2 fully saturated rings. The zero-order chi connectivity index (χ0) is 17.5. The van der Waals surface area contributed by atoms with Crippen LogP contribution in [0.15, 0.2) is 6.20 Å². The Hall–Kier alpha value is -1.89. The summed E-state index contributed by atoms with van der Waals surface area (Å²) in [5.74, 6) is -0.699. The van der Waals surface area contributed by atoms with Crippen molar-refractivity contribution in [3.63, 3.8) is 0 Å². The average Bonchev–Trinajstić information content (AvgIpc) is 3.07. The second-order valence-corrected chi connectivity index (χ2v) is 7.20. The number of hydrogen-bond acceptors (Lipinski definition) is 4. The minimum Gasteiger partial charge on any atom is -0.384 e. The highest BCUT2D eigenvalue weighted by atomic mass is 16.5. The highest BCUT2D eigenvalue weighted by molar-refractivity contribution is 5.86. The van der Waals surface area contributed by atoms with Crippen molar-refractivity contribution >= 4 is 11.8 Å². The van der Waals surface area contributed by atoms with E-state index in [0.29, 0.717) is 19.7 Å². The summed E-state index contributed by atoms with van der Waals surface area (Å²) in [5, 5.41) is 4.27. The number of carbonyl (C=O) groups excluding carboxylic acids is 2. The molecule has 0 unspecified atom stereocenters. The van der Waals surface area contributed by atoms with Gasteiger partial charge in [-0.15, -0.1) is 0 Å². The SMILES string of the molecule is COCC1(C(=O)N2C[C@H](C(N)=O)[C@@H](c3cnn(C)c3C)C2)CCC1. The first-order chi connectivity index (χ1) is 11.4. The van der Waals surface area contributed by atoms with Gasteiger partial charge in [0.15, 0.2) is 0 Å². The number of aromatic nitrogens is 2. The Bertz CT molecular complexity index is 650. The van der Waals surface area contributed by atoms with E-state index in [2.05, 4.69) is 5.10 Å². The maximum absolute atomic E-state index is 13.0. The van der Waals surface area contributed by atoms with Crippen LogP contribution in [0.25, 0.3) is 0 Å². The zero-order valence-electron chi connectivity index (χ0n) is 14.6. The summed E-state index contributed by atoms with van der Waals surface area (Å²) in [6, 6.07) is 0. The van der Waals surface area contributed by atoms with Gasteiger partial charge in [0.25, 0.3) is 0 Å². The number of nitrogens with two attached hydrogens (primary N) is 1. The molecule has 0 spiro atoms. The molecule has 2 N–H and O–H groups in total. The normalized spacial score (nSPS) is 25.5. The maximum atomic E-state index is 13.0. The van der Waals surface area contributed by atoms with Crippen molar-refractivity contribution in [2.24, 2.45) is 24.1 Å². The minimum absolute atomic E-state index is 0.0835. The van der Waals surface area contributed by atoms with Crippen LogP contribution in [0.5, 0.6) is 0 Å². The van der Waals surface area contributed by atoms with E-state index in [1.54, 1.807) is 18.0 Å². The lowest BCUT2D eigenvalue weighted by Crippen LogP contribution is -2.50. The summed E-state index contributed by atoms with van der Waals surface area (Å²) < 4.78 is 7.07. The van der Waals surface area contributed by atoms with Gasteiger partial charge in [-0.2, -0.15) is 5.10 Å². The van der Waals surface area contributed by atoms with Gasteiger partial charge in [-0.05, 0) is 25.3 Å². The molecule has 1 saturated carbocycles. The van der Waals surface area contributed by atoms with Crippen molar-refractivity contribution in [2.75, 3.05) is 26.8 Å². The van der Waals surface area contributed by atoms with Crippen LogP contribution >= 0.6 is 0 Å². The van der Waals surface area contributed by atoms with Gasteiger partial charge in [0.2, 0.25) is 11.8 Å². The molecule has 1 aromatic heterocycles. The number of hydrogen-bond donors (Lipinski definition) is 1. The minimum atomic E-state index is -0.407. The van der Waals surface area contributed by atoms with Crippen molar-refractivity contribution < 1.29 is 14.3 Å². The first-order valence-corrected chi connectivity index (χ1v) is 8.46. The highest BCUT2D eigenvalue weighted by Gasteiger charge is 2.50. The van der Waals surface area contributed by atoms with E-state index in [-0.39, 0.29) is 23.7 Å². The zero-order valence-corrected chi connectivity index (χ0v) is 14.6. The van der Waals surface area contributed by atoms with Gasteiger partial charge in [0, 0.05) is 38.9 Å². The number of ether oxygens (including phenoxy) is 1. The third kappa shape index (κ3) is 2.60. The second kappa shape index (κ2) is 6.20. The van der Waals surface area contributed by atoms with E-state index in [1.807, 2.05) is 18.9 Å². The summed E-state index contributed by atoms with van der Waals surface area (Å²) in [6.45, 7) is 3.33. The van der Waals surface area contributed by atoms with Gasteiger partial charge < -0.3 is 15.4 Å². The van der Waals surface area contributed by atoms with E-state index in [4.69, 9.17) is 10.5 Å². The van der Waals surface area contributed by atoms with Gasteiger partial charge in [-0.1, -0.05) is 6.42 Å². The van der Waals surface area contributed by atoms with Crippen LogP contribution in [-0.2, 0) is 21.4 Å². The fourth-order valence-electron chi connectivity index (χ4n) is 4.09. The van der Waals surface area contributed by atoms with Crippen molar-refractivity contribution in [2.45, 2.75) is 32.1 Å². The van der Waals surface area contributed by atoms with E-state index in [9.17, 15) is 9.59 Å². The molecule has 24 heavy (non-hydrogen) atoms. The average molecular weight is 334 g/mol. The Labute approximate surface area is 142 Å². The van der Waals surface area contributed by atoms with E-state index in [1.165, 1.54) is 0 Å². The summed E-state index contributed by atoms with van der Waals surface area (Å²) >= 11 is 0. The topological polar surface area (TPSA) is 90.4 Å². The lowest BCUT2D eigenvalue weighted by atomic mass is 9.68. The molecule has 2 amide bonds. The van der Waals surface area contributed by atoms with Crippen LogP contribution in [0.2, 0.25) is 0 Å². The third-order valence-corrected chi connectivity index (χ3v) is 5.83. The Morgan fingerprint density at radius 3 is 2.58 bits per heavy atom. The van der Waals surface area contributed by atoms with Gasteiger partial charge in [-0.25, -0.2) is 0 Å². The van der Waals surface area contributed by atoms with E-state index in [0.717, 1.165) is 30.5 Å². The molecule has 0 radical (unpaired) electrons. The first kappa shape index (κ1) is 17.0. The van der Waals surface area contributed by atoms with Gasteiger partial charge in [0.05, 0.1) is 24.1 Å². The molecular formula is C17H26N4O3. The number of aryl methyl sites for hydroxylation is 1. The fraction of sp³-hybridized carbons (Fsp3) is 0.706. The van der Waals surface area contributed by atoms with Gasteiger partial charge in [0.1, 0.15) is 0 Å². The highest BCUT2D eigenvalue weighted by Crippen LogP contribution is 2.45. The van der Waals surface area contributed by atoms with Crippen molar-refractivity contribution in [3.8, 4) is 0 Å². The van der Waals surface area contributed by atoms with Crippen molar-refractivity contribution in [1.82, 2.24) is 14.7 Å². The molecule has 7 heteroatoms. The molecule has 132 valence electrons. The number of primary amides is 1. The number of likely N-dealkylation sites (tertiary alicyclic amines) is 1. The van der Waals surface area contributed by atoms with Crippen LogP contribution < -0.4 is 5.73 Å². The molecule has 1 saturated heterocycles. The largest absolute Gasteiger partial charge is 0.384 e. The molecule has 0 bridgehead atoms. The molecule has 2 atom stereocenters. The van der Waals surface area contributed by atoms with Crippen molar-refractivity contribution in [3.05, 3.63) is 17.5 Å². The Morgan fingerprint density at radius 2 is 2.12 bits per heavy atom. The maximum Gasteiger partial charge on any atom is 0.231 e.